The molecule has 12 nitrogen and oxygen atoms in total. The number of benzene rings is 5. The summed E-state index contributed by atoms with van der Waals surface area (Å²) < 4.78 is 11.6. The lowest BCUT2D eigenvalue weighted by molar-refractivity contribution is -0.231. The average molecular weight is 752 g/mol. The molecule has 0 unspecified atom stereocenters. The molecule has 7 rings (SSSR count). The van der Waals surface area contributed by atoms with Crippen molar-refractivity contribution in [1.82, 2.24) is 5.32 Å². The van der Waals surface area contributed by atoms with Gasteiger partial charge >= 0.3 is 5.97 Å². The number of carbonyl (C=O) groups is 2. The number of carbonyl (C=O) groups excluding carboxylic acids is 1. The molecule has 2 heterocycles. The van der Waals surface area contributed by atoms with Crippen molar-refractivity contribution in [2.45, 2.75) is 43.5 Å². The monoisotopic (exact) mass is 751 g/mol. The van der Waals surface area contributed by atoms with Crippen molar-refractivity contribution in [3.8, 4) is 28.2 Å². The number of hydrogen-bond acceptors (Lipinski definition) is 10. The Hall–Kier alpha value is -5.60. The number of rotatable bonds is 9. The van der Waals surface area contributed by atoms with E-state index in [1.165, 1.54) is 42.5 Å². The van der Waals surface area contributed by atoms with Gasteiger partial charge in [0.15, 0.2) is 5.43 Å². The summed E-state index contributed by atoms with van der Waals surface area (Å²) in [5, 5.41) is 64.6. The molecule has 1 fully saturated rings. The van der Waals surface area contributed by atoms with Crippen LogP contribution in [0.3, 0.4) is 0 Å². The van der Waals surface area contributed by atoms with Gasteiger partial charge in [-0.1, -0.05) is 54.1 Å². The van der Waals surface area contributed by atoms with Crippen LogP contribution in [0.25, 0.3) is 33.4 Å². The molecule has 1 amide bonds. The van der Waals surface area contributed by atoms with Gasteiger partial charge in [-0.05, 0) is 76.7 Å². The van der Waals surface area contributed by atoms with E-state index < -0.39 is 49.0 Å². The lowest BCUT2D eigenvalue weighted by Crippen LogP contribution is -2.55. The Kier molecular flexibility index (Phi) is 10.2. The van der Waals surface area contributed by atoms with Crippen molar-refractivity contribution < 1.29 is 49.4 Å². The van der Waals surface area contributed by atoms with Gasteiger partial charge in [-0.3, -0.25) is 9.59 Å². The summed E-state index contributed by atoms with van der Waals surface area (Å²) in [5.41, 5.74) is 4.06. The number of aromatic hydroxyl groups is 1. The highest BCUT2D eigenvalue weighted by Crippen LogP contribution is 2.42. The Labute approximate surface area is 312 Å². The van der Waals surface area contributed by atoms with Gasteiger partial charge in [-0.15, -0.1) is 0 Å². The lowest BCUT2D eigenvalue weighted by Gasteiger charge is -2.40. The van der Waals surface area contributed by atoms with Crippen LogP contribution >= 0.6 is 11.6 Å². The van der Waals surface area contributed by atoms with E-state index in [-0.39, 0.29) is 40.2 Å². The van der Waals surface area contributed by atoms with E-state index in [1.54, 1.807) is 30.3 Å². The number of amides is 1. The SMILES string of the molecule is O=C(NCc1ccc(Cc2cc([C@@H]3O[C@H](CO)[C@@H](O)[C@H](O)[C@H]3O)ccc2Cl)cc1)c1ccc(-c2c3ccc(=O)cc-3oc3cc(O)ccc23)c(C(=O)O)c1. The summed E-state index contributed by atoms with van der Waals surface area (Å²) >= 11 is 6.50. The second kappa shape index (κ2) is 15.0. The Morgan fingerprint density at radius 3 is 2.28 bits per heavy atom. The summed E-state index contributed by atoms with van der Waals surface area (Å²) in [6.45, 7) is -0.392. The van der Waals surface area contributed by atoms with Gasteiger partial charge < -0.3 is 45.1 Å². The summed E-state index contributed by atoms with van der Waals surface area (Å²) in [5.74, 6) is -1.62. The first-order chi connectivity index (χ1) is 25.9. The molecular formula is C41H34ClNO11. The van der Waals surface area contributed by atoms with Crippen LogP contribution in [0.15, 0.2) is 106 Å². The first kappa shape index (κ1) is 36.7. The van der Waals surface area contributed by atoms with Crippen LogP contribution in [0.5, 0.6) is 5.75 Å². The molecule has 0 bridgehead atoms. The van der Waals surface area contributed by atoms with Crippen LogP contribution in [0.1, 0.15) is 49.1 Å². The number of nitrogens with one attached hydrogen (secondary N) is 1. The average Bonchev–Trinajstić information content (AvgIpc) is 3.16. The molecule has 276 valence electrons. The predicted octanol–water partition coefficient (Wildman–Crippen LogP) is 4.66. The molecule has 4 aromatic carbocycles. The largest absolute Gasteiger partial charge is 0.508 e. The van der Waals surface area contributed by atoms with Crippen molar-refractivity contribution in [3.05, 3.63) is 146 Å². The number of aliphatic hydroxyl groups excluding tert-OH is 4. The van der Waals surface area contributed by atoms with E-state index in [1.807, 2.05) is 24.3 Å². The first-order valence-electron chi connectivity index (χ1n) is 16.9. The van der Waals surface area contributed by atoms with E-state index in [4.69, 9.17) is 20.8 Å². The highest BCUT2D eigenvalue weighted by molar-refractivity contribution is 6.31. The number of fused-ring (bicyclic) bond motifs is 2. The molecule has 13 heteroatoms. The van der Waals surface area contributed by atoms with E-state index >= 15 is 0 Å². The predicted molar refractivity (Wildman–Crippen MR) is 198 cm³/mol. The second-order valence-electron chi connectivity index (χ2n) is 13.2. The molecule has 0 radical (unpaired) electrons. The third kappa shape index (κ3) is 7.18. The summed E-state index contributed by atoms with van der Waals surface area (Å²) in [6, 6.07) is 25.4. The van der Waals surface area contributed by atoms with Crippen molar-refractivity contribution in [2.24, 2.45) is 0 Å². The Morgan fingerprint density at radius 1 is 0.796 bits per heavy atom. The minimum Gasteiger partial charge on any atom is -0.508 e. The van der Waals surface area contributed by atoms with Gasteiger partial charge in [0.05, 0.1) is 12.2 Å². The lowest BCUT2D eigenvalue weighted by atomic mass is 9.90. The molecule has 2 aliphatic heterocycles. The Morgan fingerprint density at radius 2 is 1.54 bits per heavy atom. The van der Waals surface area contributed by atoms with Gasteiger partial charge in [0.25, 0.3) is 5.91 Å². The van der Waals surface area contributed by atoms with Crippen molar-refractivity contribution in [1.29, 1.82) is 0 Å². The number of phenolic OH excluding ortho intramolecular Hbond substituents is 1. The molecule has 54 heavy (non-hydrogen) atoms. The number of phenols is 1. The van der Waals surface area contributed by atoms with Crippen LogP contribution in [-0.2, 0) is 17.7 Å². The zero-order valence-electron chi connectivity index (χ0n) is 28.3. The highest BCUT2D eigenvalue weighted by atomic mass is 35.5. The van der Waals surface area contributed by atoms with Gasteiger partial charge in [0, 0.05) is 45.8 Å². The molecule has 1 aliphatic carbocycles. The van der Waals surface area contributed by atoms with Crippen molar-refractivity contribution >= 4 is 34.4 Å². The maximum atomic E-state index is 13.3. The minimum absolute atomic E-state index is 0.0701. The zero-order chi connectivity index (χ0) is 38.3. The van der Waals surface area contributed by atoms with E-state index in [0.717, 1.165) is 11.1 Å². The van der Waals surface area contributed by atoms with E-state index in [9.17, 15) is 45.0 Å². The second-order valence-corrected chi connectivity index (χ2v) is 13.6. The quantitative estimate of drug-likeness (QED) is 0.101. The maximum Gasteiger partial charge on any atom is 0.336 e. The standard InChI is InChI=1S/C41H34ClNO11/c42-31-12-6-22(39-38(49)37(48)36(47)34(19-44)54-39)14-24(31)13-20-1-3-21(4-2-20)18-43-40(50)23-5-9-27(30(15-23)41(51)52)35-28-10-7-25(45)16-32(28)53-33-17-26(46)8-11-29(33)35/h1-12,14-17,34,36-39,44-45,47-49H,13,18-19H2,(H,43,50)(H,51,52)/t34-,36-,37+,38-,39+/m1/s1. The summed E-state index contributed by atoms with van der Waals surface area (Å²) in [7, 11) is 0. The first-order valence-corrected chi connectivity index (χ1v) is 17.3. The van der Waals surface area contributed by atoms with E-state index in [2.05, 4.69) is 5.32 Å². The fourth-order valence-electron chi connectivity index (χ4n) is 6.79. The smallest absolute Gasteiger partial charge is 0.336 e. The number of carboxylic acid groups (broad SMARTS) is 1. The third-order valence-electron chi connectivity index (χ3n) is 9.62. The molecule has 3 aliphatic rings. The Bertz CT molecular complexity index is 2410. The molecule has 0 aromatic heterocycles. The van der Waals surface area contributed by atoms with Crippen LogP contribution in [0, 0.1) is 0 Å². The van der Waals surface area contributed by atoms with Crippen LogP contribution in [0.2, 0.25) is 5.02 Å². The zero-order valence-corrected chi connectivity index (χ0v) is 29.1. The fourth-order valence-corrected chi connectivity index (χ4v) is 6.98. The van der Waals surface area contributed by atoms with Crippen LogP contribution in [-0.4, -0.2) is 73.5 Å². The van der Waals surface area contributed by atoms with Crippen LogP contribution < -0.4 is 10.7 Å². The van der Waals surface area contributed by atoms with Crippen molar-refractivity contribution in [2.75, 3.05) is 6.61 Å². The summed E-state index contributed by atoms with van der Waals surface area (Å²) in [6.07, 6.45) is -6.04. The highest BCUT2D eigenvalue weighted by Gasteiger charge is 2.44. The fraction of sp³-hybridized carbons (Fsp3) is 0.195. The number of halogens is 1. The molecule has 5 atom stereocenters. The third-order valence-corrected chi connectivity index (χ3v) is 9.99. The van der Waals surface area contributed by atoms with Gasteiger partial charge in [0.1, 0.15) is 47.6 Å². The molecule has 1 saturated heterocycles. The maximum absolute atomic E-state index is 13.3. The molecular weight excluding hydrogens is 718 g/mol. The summed E-state index contributed by atoms with van der Waals surface area (Å²) in [4.78, 5) is 38.0. The molecule has 0 saturated carbocycles. The minimum atomic E-state index is -1.51. The van der Waals surface area contributed by atoms with Crippen molar-refractivity contribution in [3.63, 3.8) is 0 Å². The normalized spacial score (nSPS) is 19.9. The number of carboxylic acids is 1. The molecule has 0 spiro atoms. The number of aliphatic hydroxyl groups is 4. The van der Waals surface area contributed by atoms with E-state index in [0.29, 0.717) is 44.6 Å². The number of hydrogen-bond donors (Lipinski definition) is 7. The number of aromatic carboxylic acids is 1. The topological polar surface area (TPSA) is 207 Å². The van der Waals surface area contributed by atoms with Gasteiger partial charge in [-0.2, -0.15) is 0 Å². The van der Waals surface area contributed by atoms with Crippen LogP contribution in [0.4, 0.5) is 0 Å². The Balaban J connectivity index is 1.07. The van der Waals surface area contributed by atoms with Gasteiger partial charge in [0.2, 0.25) is 0 Å². The van der Waals surface area contributed by atoms with Gasteiger partial charge in [-0.25, -0.2) is 4.79 Å². The molecule has 7 N–H and O–H groups in total. The molecule has 4 aromatic rings. The number of ether oxygens (including phenoxy) is 1.